The van der Waals surface area contributed by atoms with Crippen LogP contribution >= 0.6 is 0 Å². The zero-order valence-corrected chi connectivity index (χ0v) is 28.5. The van der Waals surface area contributed by atoms with Crippen molar-refractivity contribution in [3.05, 3.63) is 12.2 Å². The van der Waals surface area contributed by atoms with Gasteiger partial charge >= 0.3 is 0 Å². The largest absolute Gasteiger partial charge is 0.394 e. The molecule has 250 valence electrons. The lowest BCUT2D eigenvalue weighted by atomic mass is 10.0. The first-order chi connectivity index (χ1) is 20.7. The molecule has 4 heteroatoms. The molecule has 1 amide bonds. The smallest absolute Gasteiger partial charge is 0.220 e. The molecule has 0 aromatic carbocycles. The number of carbonyl (C=O) groups is 1. The molecule has 0 aromatic heterocycles. The highest BCUT2D eigenvalue weighted by atomic mass is 16.3. The molecule has 0 rings (SSSR count). The van der Waals surface area contributed by atoms with Crippen LogP contribution in [0.2, 0.25) is 0 Å². The fourth-order valence-corrected chi connectivity index (χ4v) is 5.82. The van der Waals surface area contributed by atoms with E-state index >= 15 is 0 Å². The van der Waals surface area contributed by atoms with Crippen LogP contribution in [0.3, 0.4) is 0 Å². The van der Waals surface area contributed by atoms with Gasteiger partial charge in [-0.2, -0.15) is 0 Å². The Kier molecular flexibility index (Phi) is 33.9. The number of hydrogen-bond acceptors (Lipinski definition) is 3. The van der Waals surface area contributed by atoms with Crippen LogP contribution in [0, 0.1) is 0 Å². The number of nitrogens with one attached hydrogen (secondary N) is 1. The van der Waals surface area contributed by atoms with Gasteiger partial charge in [0.1, 0.15) is 0 Å². The molecule has 4 nitrogen and oxygen atoms in total. The minimum atomic E-state index is -0.831. The van der Waals surface area contributed by atoms with E-state index in [2.05, 4.69) is 19.2 Å². The van der Waals surface area contributed by atoms with Crippen LogP contribution < -0.4 is 5.32 Å². The number of aliphatic hydroxyl groups is 2. The molecule has 0 saturated heterocycles. The van der Waals surface area contributed by atoms with Crippen LogP contribution in [0.4, 0.5) is 0 Å². The minimum Gasteiger partial charge on any atom is -0.394 e. The molecule has 0 aliphatic carbocycles. The molecule has 0 bridgehead atoms. The van der Waals surface area contributed by atoms with Crippen molar-refractivity contribution < 1.29 is 15.0 Å². The molecular weight excluding hydrogens is 518 g/mol. The van der Waals surface area contributed by atoms with Crippen molar-refractivity contribution in [1.29, 1.82) is 0 Å². The van der Waals surface area contributed by atoms with Gasteiger partial charge in [-0.1, -0.05) is 193 Å². The molecule has 42 heavy (non-hydrogen) atoms. The van der Waals surface area contributed by atoms with Gasteiger partial charge in [0, 0.05) is 6.42 Å². The maximum atomic E-state index is 12.3. The summed E-state index contributed by atoms with van der Waals surface area (Å²) in [4.78, 5) is 12.3. The summed E-state index contributed by atoms with van der Waals surface area (Å²) >= 11 is 0. The summed E-state index contributed by atoms with van der Waals surface area (Å²) in [7, 11) is 0. The van der Waals surface area contributed by atoms with Gasteiger partial charge in [0.2, 0.25) is 5.91 Å². The Morgan fingerprint density at radius 3 is 1.24 bits per heavy atom. The van der Waals surface area contributed by atoms with Crippen molar-refractivity contribution in [2.24, 2.45) is 0 Å². The second-order valence-corrected chi connectivity index (χ2v) is 13.0. The normalized spacial score (nSPS) is 13.1. The van der Waals surface area contributed by atoms with E-state index in [4.69, 9.17) is 0 Å². The van der Waals surface area contributed by atoms with E-state index in [1.165, 1.54) is 161 Å². The van der Waals surface area contributed by atoms with E-state index in [0.717, 1.165) is 25.7 Å². The minimum absolute atomic E-state index is 0.0623. The second kappa shape index (κ2) is 34.6. The fourth-order valence-electron chi connectivity index (χ4n) is 5.82. The van der Waals surface area contributed by atoms with Gasteiger partial charge in [-0.25, -0.2) is 0 Å². The Morgan fingerprint density at radius 1 is 0.548 bits per heavy atom. The van der Waals surface area contributed by atoms with Crippen LogP contribution in [-0.4, -0.2) is 34.9 Å². The molecule has 0 fully saturated rings. The molecule has 0 saturated carbocycles. The second-order valence-electron chi connectivity index (χ2n) is 13.0. The van der Waals surface area contributed by atoms with E-state index in [1.54, 1.807) is 6.08 Å². The molecule has 0 heterocycles. The van der Waals surface area contributed by atoms with Crippen LogP contribution in [0.5, 0.6) is 0 Å². The van der Waals surface area contributed by atoms with Gasteiger partial charge in [0.15, 0.2) is 0 Å². The van der Waals surface area contributed by atoms with Gasteiger partial charge < -0.3 is 15.5 Å². The lowest BCUT2D eigenvalue weighted by Crippen LogP contribution is -2.45. The fraction of sp³-hybridized carbons (Fsp3) is 0.921. The van der Waals surface area contributed by atoms with Crippen LogP contribution in [0.15, 0.2) is 12.2 Å². The summed E-state index contributed by atoms with van der Waals surface area (Å²) in [5.41, 5.74) is 0. The van der Waals surface area contributed by atoms with Gasteiger partial charge in [-0.05, 0) is 19.3 Å². The van der Waals surface area contributed by atoms with Crippen LogP contribution in [0.1, 0.15) is 206 Å². The zero-order valence-electron chi connectivity index (χ0n) is 28.5. The van der Waals surface area contributed by atoms with Crippen LogP contribution in [-0.2, 0) is 4.79 Å². The number of rotatable bonds is 34. The van der Waals surface area contributed by atoms with Crippen molar-refractivity contribution in [3.63, 3.8) is 0 Å². The molecule has 0 aromatic rings. The van der Waals surface area contributed by atoms with Crippen molar-refractivity contribution in [2.75, 3.05) is 6.61 Å². The molecule has 0 aliphatic heterocycles. The number of allylic oxidation sites excluding steroid dienone is 1. The van der Waals surface area contributed by atoms with Gasteiger partial charge in [0.05, 0.1) is 18.8 Å². The lowest BCUT2D eigenvalue weighted by molar-refractivity contribution is -0.123. The van der Waals surface area contributed by atoms with Crippen molar-refractivity contribution in [1.82, 2.24) is 5.32 Å². The van der Waals surface area contributed by atoms with Crippen LogP contribution in [0.25, 0.3) is 0 Å². The highest BCUT2D eigenvalue weighted by Crippen LogP contribution is 2.15. The monoisotopic (exact) mass is 594 g/mol. The summed E-state index contributed by atoms with van der Waals surface area (Å²) in [5.74, 6) is -0.0623. The highest BCUT2D eigenvalue weighted by molar-refractivity contribution is 5.76. The molecule has 0 unspecified atom stereocenters. The molecule has 0 spiro atoms. The zero-order chi connectivity index (χ0) is 30.8. The van der Waals surface area contributed by atoms with Crippen molar-refractivity contribution in [3.8, 4) is 0 Å². The molecular formula is C38H75NO3. The predicted molar refractivity (Wildman–Crippen MR) is 184 cm³/mol. The van der Waals surface area contributed by atoms with Gasteiger partial charge in [-0.15, -0.1) is 0 Å². The lowest BCUT2D eigenvalue weighted by Gasteiger charge is -2.20. The number of aliphatic hydroxyl groups excluding tert-OH is 2. The van der Waals surface area contributed by atoms with Crippen molar-refractivity contribution in [2.45, 2.75) is 219 Å². The maximum absolute atomic E-state index is 12.3. The summed E-state index contributed by atoms with van der Waals surface area (Å²) in [5, 5.41) is 22.9. The average Bonchev–Trinajstić information content (AvgIpc) is 2.99. The Bertz CT molecular complexity index is 565. The van der Waals surface area contributed by atoms with E-state index in [-0.39, 0.29) is 12.5 Å². The van der Waals surface area contributed by atoms with Gasteiger partial charge in [0.25, 0.3) is 0 Å². The van der Waals surface area contributed by atoms with Crippen molar-refractivity contribution >= 4 is 5.91 Å². The maximum Gasteiger partial charge on any atom is 0.220 e. The molecule has 2 atom stereocenters. The molecule has 3 N–H and O–H groups in total. The first-order valence-corrected chi connectivity index (χ1v) is 18.9. The Balaban J connectivity index is 3.55. The number of carbonyl (C=O) groups excluding carboxylic acids is 1. The summed E-state index contributed by atoms with van der Waals surface area (Å²) in [6, 6.07) is -0.614. The first-order valence-electron chi connectivity index (χ1n) is 18.9. The standard InChI is InChI=1S/C38H75NO3/c1-3-5-7-9-11-13-15-17-18-19-20-21-22-24-26-28-30-32-34-38(42)39-36(35-40)37(41)33-31-29-27-25-23-16-14-12-10-8-6-4-2/h31,33,36-37,40-41H,3-30,32,34-35H2,1-2H3,(H,39,42)/b33-31+/t36-,37+/m0/s1. The third-order valence-corrected chi connectivity index (χ3v) is 8.77. The first kappa shape index (κ1) is 41.1. The summed E-state index contributed by atoms with van der Waals surface area (Å²) in [6.45, 7) is 4.30. The Morgan fingerprint density at radius 2 is 0.881 bits per heavy atom. The molecule has 0 radical (unpaired) electrons. The Labute approximate surface area is 263 Å². The Hall–Kier alpha value is -0.870. The number of hydrogen-bond donors (Lipinski definition) is 3. The van der Waals surface area contributed by atoms with E-state index in [1.807, 2.05) is 6.08 Å². The van der Waals surface area contributed by atoms with E-state index in [0.29, 0.717) is 6.42 Å². The average molecular weight is 594 g/mol. The van der Waals surface area contributed by atoms with Gasteiger partial charge in [-0.3, -0.25) is 4.79 Å². The van der Waals surface area contributed by atoms with E-state index in [9.17, 15) is 15.0 Å². The summed E-state index contributed by atoms with van der Waals surface area (Å²) < 4.78 is 0. The molecule has 0 aliphatic rings. The predicted octanol–water partition coefficient (Wildman–Crippen LogP) is 11.1. The number of amides is 1. The third-order valence-electron chi connectivity index (χ3n) is 8.77. The summed E-state index contributed by atoms with van der Waals surface area (Å²) in [6.07, 6.45) is 41.5. The quantitative estimate of drug-likeness (QED) is 0.0513. The third kappa shape index (κ3) is 30.6. The highest BCUT2D eigenvalue weighted by Gasteiger charge is 2.17. The topological polar surface area (TPSA) is 69.6 Å². The SMILES string of the molecule is CCCCCCCCCCCC/C=C/[C@@H](O)[C@H](CO)NC(=O)CCCCCCCCCCCCCCCCCCCC. The number of unbranched alkanes of at least 4 members (excludes halogenated alkanes) is 27. The van der Waals surface area contributed by atoms with E-state index < -0.39 is 12.1 Å².